The second kappa shape index (κ2) is 19.6. The van der Waals surface area contributed by atoms with Crippen molar-refractivity contribution in [2.24, 2.45) is 5.41 Å². The maximum absolute atomic E-state index is 10.1. The Hall–Kier alpha value is -2.61. The van der Waals surface area contributed by atoms with Gasteiger partial charge in [0.15, 0.2) is 0 Å². The van der Waals surface area contributed by atoms with Crippen molar-refractivity contribution in [1.29, 1.82) is 0 Å². The van der Waals surface area contributed by atoms with Crippen molar-refractivity contribution in [1.82, 2.24) is 0 Å². The zero-order valence-electron chi connectivity index (χ0n) is 19.8. The SMILES string of the molecule is CCC(CO)(CO)CO.O=C(O)Cc1cccs1.O=C(O)Cc1cccs1.O=C(O)Cc1cccs1. The molecule has 0 spiro atoms. The van der Waals surface area contributed by atoms with Crippen LogP contribution in [-0.4, -0.2) is 68.4 Å². The lowest BCUT2D eigenvalue weighted by Crippen LogP contribution is -2.32. The zero-order valence-corrected chi connectivity index (χ0v) is 22.2. The number of hydrogen-bond acceptors (Lipinski definition) is 9. The highest BCUT2D eigenvalue weighted by molar-refractivity contribution is 7.10. The highest BCUT2D eigenvalue weighted by atomic mass is 32.1. The largest absolute Gasteiger partial charge is 0.481 e. The normalized spacial score (nSPS) is 10.0. The molecule has 0 aliphatic carbocycles. The summed E-state index contributed by atoms with van der Waals surface area (Å²) < 4.78 is 0. The van der Waals surface area contributed by atoms with Crippen LogP contribution in [0.1, 0.15) is 28.0 Å². The summed E-state index contributed by atoms with van der Waals surface area (Å²) >= 11 is 4.41. The average Bonchev–Trinajstić information content (AvgIpc) is 3.61. The van der Waals surface area contributed by atoms with Crippen molar-refractivity contribution in [2.45, 2.75) is 32.6 Å². The van der Waals surface area contributed by atoms with Crippen LogP contribution in [0.4, 0.5) is 0 Å². The molecule has 36 heavy (non-hydrogen) atoms. The number of carboxylic acid groups (broad SMARTS) is 3. The standard InChI is InChI=1S/C6H14O3.3C6H6O2S/c1-2-6(3-7,4-8)5-9;3*7-6(8)4-5-2-1-3-9-5/h7-9H,2-5H2,1H3;3*1-3H,4H2,(H,7,8). The lowest BCUT2D eigenvalue weighted by Gasteiger charge is -2.24. The number of aliphatic hydroxyl groups is 3. The van der Waals surface area contributed by atoms with Gasteiger partial charge in [0.05, 0.1) is 39.1 Å². The summed E-state index contributed by atoms with van der Waals surface area (Å²) in [5, 5.41) is 56.5. The van der Waals surface area contributed by atoms with Gasteiger partial charge in [-0.05, 0) is 40.8 Å². The maximum atomic E-state index is 10.1. The zero-order chi connectivity index (χ0) is 27.4. The number of carbonyl (C=O) groups is 3. The smallest absolute Gasteiger partial charge is 0.308 e. The molecule has 0 fully saturated rings. The van der Waals surface area contributed by atoms with E-state index in [1.807, 2.05) is 59.5 Å². The number of carboxylic acids is 3. The highest BCUT2D eigenvalue weighted by Gasteiger charge is 2.24. The van der Waals surface area contributed by atoms with Crippen LogP contribution in [-0.2, 0) is 33.6 Å². The van der Waals surface area contributed by atoms with Gasteiger partial charge in [-0.3, -0.25) is 14.4 Å². The van der Waals surface area contributed by atoms with Crippen LogP contribution in [0.3, 0.4) is 0 Å². The molecule has 0 aliphatic rings. The first-order valence-corrected chi connectivity index (χ1v) is 13.3. The predicted molar refractivity (Wildman–Crippen MR) is 141 cm³/mol. The van der Waals surface area contributed by atoms with E-state index >= 15 is 0 Å². The molecule has 3 aromatic heterocycles. The van der Waals surface area contributed by atoms with E-state index in [9.17, 15) is 14.4 Å². The van der Waals surface area contributed by atoms with Gasteiger partial charge in [-0.25, -0.2) is 0 Å². The molecule has 6 N–H and O–H groups in total. The Morgan fingerprint density at radius 2 is 0.917 bits per heavy atom. The van der Waals surface area contributed by atoms with Crippen LogP contribution in [0, 0.1) is 5.41 Å². The molecule has 12 heteroatoms. The summed E-state index contributed by atoms with van der Waals surface area (Å²) in [7, 11) is 0. The second-order valence-electron chi connectivity index (χ2n) is 7.28. The number of rotatable bonds is 10. The maximum Gasteiger partial charge on any atom is 0.308 e. The lowest BCUT2D eigenvalue weighted by molar-refractivity contribution is -0.137. The van der Waals surface area contributed by atoms with E-state index < -0.39 is 23.3 Å². The minimum atomic E-state index is -0.766. The van der Waals surface area contributed by atoms with Gasteiger partial charge in [0.25, 0.3) is 0 Å². The summed E-state index contributed by atoms with van der Waals surface area (Å²) in [4.78, 5) is 32.9. The van der Waals surface area contributed by atoms with E-state index in [-0.39, 0.29) is 39.1 Å². The van der Waals surface area contributed by atoms with E-state index in [2.05, 4.69) is 0 Å². The molecule has 0 aliphatic heterocycles. The first-order valence-electron chi connectivity index (χ1n) is 10.7. The molecule has 3 rings (SSSR count). The minimum absolute atomic E-state index is 0.150. The summed E-state index contributed by atoms with van der Waals surface area (Å²) in [6, 6.07) is 11.0. The summed E-state index contributed by atoms with van der Waals surface area (Å²) in [5.74, 6) is -2.30. The van der Waals surface area contributed by atoms with E-state index in [1.54, 1.807) is 0 Å². The van der Waals surface area contributed by atoms with Gasteiger partial charge in [-0.1, -0.05) is 25.1 Å². The lowest BCUT2D eigenvalue weighted by atomic mass is 9.88. The van der Waals surface area contributed by atoms with Crippen LogP contribution >= 0.6 is 34.0 Å². The van der Waals surface area contributed by atoms with Crippen LogP contribution in [0.15, 0.2) is 52.5 Å². The molecular formula is C24H32O9S3. The molecule has 0 radical (unpaired) electrons. The molecule has 0 unspecified atom stereocenters. The van der Waals surface area contributed by atoms with Gasteiger partial charge in [0.2, 0.25) is 0 Å². The predicted octanol–water partition coefficient (Wildman–Crippen LogP) is 3.49. The third-order valence-corrected chi connectivity index (χ3v) is 7.10. The van der Waals surface area contributed by atoms with Crippen molar-refractivity contribution in [3.05, 3.63) is 67.2 Å². The minimum Gasteiger partial charge on any atom is -0.481 e. The Kier molecular flexibility index (Phi) is 18.1. The van der Waals surface area contributed by atoms with Gasteiger partial charge in [0.1, 0.15) is 0 Å². The van der Waals surface area contributed by atoms with Gasteiger partial charge in [0, 0.05) is 20.0 Å². The monoisotopic (exact) mass is 560 g/mol. The molecule has 3 aromatic rings. The quantitative estimate of drug-likeness (QED) is 0.217. The summed E-state index contributed by atoms with van der Waals surface area (Å²) in [5.41, 5.74) is -0.667. The fourth-order valence-corrected chi connectivity index (χ4v) is 4.26. The third-order valence-electron chi connectivity index (χ3n) is 4.47. The van der Waals surface area contributed by atoms with E-state index in [0.29, 0.717) is 6.42 Å². The van der Waals surface area contributed by atoms with Gasteiger partial charge < -0.3 is 30.6 Å². The molecule has 0 amide bonds. The molecule has 0 saturated heterocycles. The Balaban J connectivity index is 0.000000454. The van der Waals surface area contributed by atoms with Gasteiger partial charge >= 0.3 is 17.9 Å². The third kappa shape index (κ3) is 16.1. The molecule has 0 saturated carbocycles. The van der Waals surface area contributed by atoms with Crippen LogP contribution in [0.5, 0.6) is 0 Å². The summed E-state index contributed by atoms with van der Waals surface area (Å²) in [6.45, 7) is 1.35. The van der Waals surface area contributed by atoms with Gasteiger partial charge in [-0.2, -0.15) is 0 Å². The molecule has 3 heterocycles. The second-order valence-corrected chi connectivity index (χ2v) is 10.4. The molecule has 9 nitrogen and oxygen atoms in total. The van der Waals surface area contributed by atoms with Crippen LogP contribution in [0.2, 0.25) is 0 Å². The average molecular weight is 561 g/mol. The Labute approximate surface area is 221 Å². The van der Waals surface area contributed by atoms with Crippen molar-refractivity contribution >= 4 is 51.9 Å². The number of hydrogen-bond donors (Lipinski definition) is 6. The molecule has 200 valence electrons. The number of aliphatic hydroxyl groups excluding tert-OH is 3. The van der Waals surface area contributed by atoms with Crippen LogP contribution in [0.25, 0.3) is 0 Å². The Morgan fingerprint density at radius 1 is 0.639 bits per heavy atom. The van der Waals surface area contributed by atoms with E-state index in [0.717, 1.165) is 14.6 Å². The number of aliphatic carboxylic acids is 3. The fraction of sp³-hybridized carbons (Fsp3) is 0.375. The van der Waals surface area contributed by atoms with E-state index in [4.69, 9.17) is 30.6 Å². The van der Waals surface area contributed by atoms with Crippen molar-refractivity contribution in [3.8, 4) is 0 Å². The molecule has 0 atom stereocenters. The summed E-state index contributed by atoms with van der Waals surface area (Å²) in [6.07, 6.45) is 1.05. The van der Waals surface area contributed by atoms with Crippen molar-refractivity contribution in [3.63, 3.8) is 0 Å². The van der Waals surface area contributed by atoms with Crippen molar-refractivity contribution in [2.75, 3.05) is 19.8 Å². The highest BCUT2D eigenvalue weighted by Crippen LogP contribution is 2.18. The fourth-order valence-electron chi connectivity index (χ4n) is 2.17. The van der Waals surface area contributed by atoms with Crippen LogP contribution < -0.4 is 0 Å². The topological polar surface area (TPSA) is 173 Å². The first kappa shape index (κ1) is 33.4. The van der Waals surface area contributed by atoms with E-state index in [1.165, 1.54) is 34.0 Å². The Bertz CT molecular complexity index is 822. The van der Waals surface area contributed by atoms with Gasteiger partial charge in [-0.15, -0.1) is 34.0 Å². The molecule has 0 aromatic carbocycles. The molecular weight excluding hydrogens is 528 g/mol. The number of thiophene rings is 3. The Morgan fingerprint density at radius 3 is 1.03 bits per heavy atom. The first-order chi connectivity index (χ1) is 17.1. The molecule has 0 bridgehead atoms. The van der Waals surface area contributed by atoms with Crippen molar-refractivity contribution < 1.29 is 45.0 Å².